The van der Waals surface area contributed by atoms with Crippen LogP contribution in [0.25, 0.3) is 11.4 Å². The molecule has 0 atom stereocenters. The Morgan fingerprint density at radius 2 is 1.88 bits per heavy atom. The number of hydrogen-bond donors (Lipinski definition) is 1. The molecule has 0 spiro atoms. The van der Waals surface area contributed by atoms with Crippen LogP contribution in [-0.4, -0.2) is 26.4 Å². The molecule has 0 aliphatic heterocycles. The molecule has 4 aromatic rings. The van der Waals surface area contributed by atoms with Gasteiger partial charge in [-0.15, -0.1) is 10.2 Å². The quantitative estimate of drug-likeness (QED) is 0.397. The summed E-state index contributed by atoms with van der Waals surface area (Å²) >= 11 is 1.33. The van der Waals surface area contributed by atoms with Crippen molar-refractivity contribution in [3.8, 4) is 17.5 Å². The van der Waals surface area contributed by atoms with Crippen LogP contribution < -0.4 is 5.32 Å². The average molecular weight is 444 g/mol. The highest BCUT2D eigenvalue weighted by molar-refractivity contribution is 7.99. The molecule has 0 bridgehead atoms. The number of anilines is 1. The minimum atomic E-state index is -0.140. The van der Waals surface area contributed by atoms with Gasteiger partial charge in [0.25, 0.3) is 0 Å². The summed E-state index contributed by atoms with van der Waals surface area (Å²) in [7, 11) is 0. The Labute approximate surface area is 190 Å². The lowest BCUT2D eigenvalue weighted by molar-refractivity contribution is -0.113. The van der Waals surface area contributed by atoms with Crippen molar-refractivity contribution in [3.63, 3.8) is 0 Å². The lowest BCUT2D eigenvalue weighted by Crippen LogP contribution is -2.15. The molecule has 2 aromatic heterocycles. The third-order valence-electron chi connectivity index (χ3n) is 4.85. The molecule has 160 valence electrons. The fourth-order valence-corrected chi connectivity index (χ4v) is 3.98. The molecule has 2 heterocycles. The van der Waals surface area contributed by atoms with Crippen LogP contribution in [0.4, 0.5) is 5.69 Å². The first-order valence-corrected chi connectivity index (χ1v) is 11.0. The van der Waals surface area contributed by atoms with E-state index in [-0.39, 0.29) is 11.7 Å². The van der Waals surface area contributed by atoms with E-state index in [0.29, 0.717) is 29.6 Å². The van der Waals surface area contributed by atoms with Crippen LogP contribution in [0, 0.1) is 18.3 Å². The van der Waals surface area contributed by atoms with E-state index in [0.717, 1.165) is 22.5 Å². The van der Waals surface area contributed by atoms with Gasteiger partial charge in [-0.05, 0) is 36.2 Å². The monoisotopic (exact) mass is 443 g/mol. The van der Waals surface area contributed by atoms with E-state index in [1.165, 1.54) is 11.8 Å². The summed E-state index contributed by atoms with van der Waals surface area (Å²) in [5.74, 6) is 1.52. The molecule has 0 aliphatic carbocycles. The summed E-state index contributed by atoms with van der Waals surface area (Å²) in [6.07, 6.45) is 1.98. The van der Waals surface area contributed by atoms with Gasteiger partial charge in [-0.2, -0.15) is 5.26 Å². The van der Waals surface area contributed by atoms with Crippen molar-refractivity contribution in [1.82, 2.24) is 14.8 Å². The van der Waals surface area contributed by atoms with Gasteiger partial charge in [-0.25, -0.2) is 0 Å². The van der Waals surface area contributed by atoms with E-state index in [1.807, 2.05) is 60.0 Å². The predicted molar refractivity (Wildman–Crippen MR) is 123 cm³/mol. The Hall–Kier alpha value is -3.83. The van der Waals surface area contributed by atoms with Crippen LogP contribution in [0.1, 0.15) is 16.9 Å². The van der Waals surface area contributed by atoms with Crippen molar-refractivity contribution >= 4 is 23.4 Å². The van der Waals surface area contributed by atoms with Gasteiger partial charge in [0.05, 0.1) is 36.6 Å². The van der Waals surface area contributed by atoms with Crippen molar-refractivity contribution in [2.75, 3.05) is 11.1 Å². The fraction of sp³-hybridized carbons (Fsp3) is 0.167. The zero-order valence-corrected chi connectivity index (χ0v) is 18.3. The van der Waals surface area contributed by atoms with Crippen LogP contribution in [0.15, 0.2) is 76.5 Å². The topological polar surface area (TPSA) is 96.7 Å². The summed E-state index contributed by atoms with van der Waals surface area (Å²) in [5.41, 5.74) is 3.59. The molecule has 32 heavy (non-hydrogen) atoms. The van der Waals surface area contributed by atoms with Gasteiger partial charge in [-0.3, -0.25) is 9.36 Å². The normalized spacial score (nSPS) is 10.6. The van der Waals surface area contributed by atoms with Crippen molar-refractivity contribution in [2.24, 2.45) is 0 Å². The fourth-order valence-electron chi connectivity index (χ4n) is 3.24. The first kappa shape index (κ1) is 21.4. The maximum atomic E-state index is 12.5. The second-order valence-corrected chi connectivity index (χ2v) is 8.08. The van der Waals surface area contributed by atoms with Crippen LogP contribution >= 0.6 is 11.8 Å². The summed E-state index contributed by atoms with van der Waals surface area (Å²) in [6.45, 7) is 2.47. The van der Waals surface area contributed by atoms with Gasteiger partial charge in [0.2, 0.25) is 5.91 Å². The standard InChI is InChI=1S/C24H21N5O2S/c1-17-21(12-14-31-17)23-27-28-24(29(23)15-19-5-3-2-4-6-19)32-16-22(30)26-20-9-7-18(8-10-20)11-13-25/h2-10,12,14H,11,15-16H2,1H3,(H,26,30). The first-order valence-electron chi connectivity index (χ1n) is 10.0. The van der Waals surface area contributed by atoms with Crippen molar-refractivity contribution in [1.29, 1.82) is 5.26 Å². The molecule has 8 heteroatoms. The number of benzene rings is 2. The minimum Gasteiger partial charge on any atom is -0.469 e. The van der Waals surface area contributed by atoms with Gasteiger partial charge < -0.3 is 9.73 Å². The summed E-state index contributed by atoms with van der Waals surface area (Å²) in [5, 5.41) is 21.0. The van der Waals surface area contributed by atoms with Gasteiger partial charge in [0, 0.05) is 5.69 Å². The van der Waals surface area contributed by atoms with E-state index >= 15 is 0 Å². The highest BCUT2D eigenvalue weighted by atomic mass is 32.2. The number of aromatic nitrogens is 3. The lowest BCUT2D eigenvalue weighted by atomic mass is 10.1. The number of aryl methyl sites for hydroxylation is 1. The molecule has 0 saturated carbocycles. The van der Waals surface area contributed by atoms with E-state index < -0.39 is 0 Å². The van der Waals surface area contributed by atoms with Gasteiger partial charge in [0.15, 0.2) is 11.0 Å². The van der Waals surface area contributed by atoms with E-state index in [1.54, 1.807) is 18.4 Å². The van der Waals surface area contributed by atoms with Crippen LogP contribution in [0.2, 0.25) is 0 Å². The number of hydrogen-bond acceptors (Lipinski definition) is 6. The third kappa shape index (κ3) is 5.07. The Bertz CT molecular complexity index is 1240. The predicted octanol–water partition coefficient (Wildman–Crippen LogP) is 4.69. The van der Waals surface area contributed by atoms with Crippen molar-refractivity contribution < 1.29 is 9.21 Å². The Kier molecular flexibility index (Phi) is 6.68. The van der Waals surface area contributed by atoms with Crippen LogP contribution in [0.3, 0.4) is 0 Å². The maximum Gasteiger partial charge on any atom is 0.234 e. The van der Waals surface area contributed by atoms with E-state index in [2.05, 4.69) is 21.6 Å². The molecule has 1 N–H and O–H groups in total. The number of carbonyl (C=O) groups excluding carboxylic acids is 1. The second kappa shape index (κ2) is 9.98. The van der Waals surface area contributed by atoms with Gasteiger partial charge in [0.1, 0.15) is 5.76 Å². The number of nitriles is 1. The van der Waals surface area contributed by atoms with Gasteiger partial charge in [-0.1, -0.05) is 54.2 Å². The molecule has 4 rings (SSSR count). The second-order valence-electron chi connectivity index (χ2n) is 7.14. The number of furan rings is 1. The van der Waals surface area contributed by atoms with Crippen LogP contribution in [-0.2, 0) is 17.8 Å². The summed E-state index contributed by atoms with van der Waals surface area (Å²) in [4.78, 5) is 12.5. The van der Waals surface area contributed by atoms with E-state index in [9.17, 15) is 4.79 Å². The molecule has 0 radical (unpaired) electrons. The lowest BCUT2D eigenvalue weighted by Gasteiger charge is -2.10. The molecule has 7 nitrogen and oxygen atoms in total. The number of nitrogens with zero attached hydrogens (tertiary/aromatic N) is 4. The number of amides is 1. The third-order valence-corrected chi connectivity index (χ3v) is 5.82. The van der Waals surface area contributed by atoms with Crippen LogP contribution in [0.5, 0.6) is 0 Å². The highest BCUT2D eigenvalue weighted by Crippen LogP contribution is 2.28. The van der Waals surface area contributed by atoms with Gasteiger partial charge >= 0.3 is 0 Å². The smallest absolute Gasteiger partial charge is 0.234 e. The maximum absolute atomic E-state index is 12.5. The SMILES string of the molecule is Cc1occc1-c1nnc(SCC(=O)Nc2ccc(CC#N)cc2)n1Cc1ccccc1. The Morgan fingerprint density at radius 1 is 1.09 bits per heavy atom. The largest absolute Gasteiger partial charge is 0.469 e. The van der Waals surface area contributed by atoms with Crippen molar-refractivity contribution in [2.45, 2.75) is 25.0 Å². The Morgan fingerprint density at radius 3 is 2.56 bits per heavy atom. The molecule has 0 unspecified atom stereocenters. The van der Waals surface area contributed by atoms with Crippen molar-refractivity contribution in [3.05, 3.63) is 83.8 Å². The summed E-state index contributed by atoms with van der Waals surface area (Å²) in [6, 6.07) is 21.3. The molecule has 2 aromatic carbocycles. The molecular weight excluding hydrogens is 422 g/mol. The minimum absolute atomic E-state index is 0.140. The van der Waals surface area contributed by atoms with E-state index in [4.69, 9.17) is 9.68 Å². The summed E-state index contributed by atoms with van der Waals surface area (Å²) < 4.78 is 7.45. The molecule has 0 aliphatic rings. The zero-order valence-electron chi connectivity index (χ0n) is 17.5. The number of nitrogens with one attached hydrogen (secondary N) is 1. The number of thioether (sulfide) groups is 1. The average Bonchev–Trinajstić information content (AvgIpc) is 3.40. The zero-order chi connectivity index (χ0) is 22.3. The highest BCUT2D eigenvalue weighted by Gasteiger charge is 2.18. The first-order chi connectivity index (χ1) is 15.6. The molecule has 1 amide bonds. The number of carbonyl (C=O) groups is 1. The number of rotatable bonds is 8. The molecular formula is C24H21N5O2S. The molecule has 0 saturated heterocycles. The Balaban J connectivity index is 1.49. The molecule has 0 fully saturated rings.